The van der Waals surface area contributed by atoms with Crippen LogP contribution in [-0.4, -0.2) is 82.3 Å². The van der Waals surface area contributed by atoms with E-state index < -0.39 is 5.95 Å². The molecule has 2 fully saturated rings. The highest BCUT2D eigenvalue weighted by molar-refractivity contribution is 5.99. The number of β-amino-alcohol motifs (C(OH)–C–C–N with tert-alkyl or cyclic N) is 1. The van der Waals surface area contributed by atoms with Gasteiger partial charge < -0.3 is 20.9 Å². The Balaban J connectivity index is 0.944. The largest absolute Gasteiger partial charge is 0.395 e. The van der Waals surface area contributed by atoms with Crippen molar-refractivity contribution in [1.29, 1.82) is 0 Å². The fraction of sp³-hybridized carbons (Fsp3) is 0.395. The molecule has 2 aromatic heterocycles. The molecular weight excluding hydrogens is 607 g/mol. The number of pyridine rings is 2. The van der Waals surface area contributed by atoms with Crippen molar-refractivity contribution in [1.82, 2.24) is 25.1 Å². The van der Waals surface area contributed by atoms with E-state index in [2.05, 4.69) is 67.5 Å². The van der Waals surface area contributed by atoms with E-state index in [1.165, 1.54) is 41.1 Å². The van der Waals surface area contributed by atoms with Crippen LogP contribution >= 0.6 is 0 Å². The molecule has 1 saturated heterocycles. The molecule has 3 aliphatic rings. The number of rotatable bonds is 10. The first kappa shape index (κ1) is 32.3. The molecule has 0 radical (unpaired) electrons. The SMILES string of the molecule is Nc1ncc(-c2cccnc2F)cc1C(=O)N[C@H]1CCC[C@@H]1OCc1ccc(-c2ccc3c(c2)CC[C@@H]3N2CCN(CCO)CC2)cc1. The number of piperazine rings is 1. The second-order valence-electron chi connectivity index (χ2n) is 13.1. The van der Waals surface area contributed by atoms with Crippen LogP contribution in [0.25, 0.3) is 22.3 Å². The Morgan fingerprint density at radius 1 is 0.979 bits per heavy atom. The van der Waals surface area contributed by atoms with Crippen LogP contribution in [0.5, 0.6) is 0 Å². The summed E-state index contributed by atoms with van der Waals surface area (Å²) in [6.45, 7) is 5.61. The Kier molecular flexibility index (Phi) is 9.76. The molecule has 4 N–H and O–H groups in total. The van der Waals surface area contributed by atoms with E-state index in [-0.39, 0.29) is 41.6 Å². The van der Waals surface area contributed by atoms with Crippen molar-refractivity contribution in [3.05, 3.63) is 101 Å². The number of ether oxygens (including phenoxy) is 1. The molecule has 48 heavy (non-hydrogen) atoms. The summed E-state index contributed by atoms with van der Waals surface area (Å²) < 4.78 is 20.6. The molecule has 250 valence electrons. The van der Waals surface area contributed by atoms with Crippen LogP contribution in [0.15, 0.2) is 73.1 Å². The third-order valence-corrected chi connectivity index (χ3v) is 10.2. The number of nitrogen functional groups attached to an aromatic ring is 1. The summed E-state index contributed by atoms with van der Waals surface area (Å²) in [6.07, 6.45) is 7.58. The number of aliphatic hydroxyl groups excluding tert-OH is 1. The van der Waals surface area contributed by atoms with Crippen molar-refractivity contribution >= 4 is 11.7 Å². The number of aryl methyl sites for hydroxylation is 1. The number of carbonyl (C=O) groups is 1. The third kappa shape index (κ3) is 6.98. The number of anilines is 1. The minimum absolute atomic E-state index is 0.0904. The normalized spacial score (nSPS) is 21.3. The van der Waals surface area contributed by atoms with E-state index >= 15 is 0 Å². The Labute approximate surface area is 281 Å². The number of hydrogen-bond acceptors (Lipinski definition) is 8. The molecule has 3 heterocycles. The summed E-state index contributed by atoms with van der Waals surface area (Å²) in [5.74, 6) is -0.889. The van der Waals surface area contributed by atoms with E-state index in [9.17, 15) is 14.3 Å². The molecule has 3 atom stereocenters. The highest BCUT2D eigenvalue weighted by Gasteiger charge is 2.32. The maximum Gasteiger partial charge on any atom is 0.255 e. The molecule has 1 aliphatic heterocycles. The first-order chi connectivity index (χ1) is 23.5. The van der Waals surface area contributed by atoms with E-state index in [1.54, 1.807) is 18.2 Å². The monoisotopic (exact) mass is 650 g/mol. The molecule has 0 spiro atoms. The summed E-state index contributed by atoms with van der Waals surface area (Å²) in [6, 6.07) is 20.6. The van der Waals surface area contributed by atoms with Gasteiger partial charge in [0.1, 0.15) is 5.82 Å². The quantitative estimate of drug-likeness (QED) is 0.206. The van der Waals surface area contributed by atoms with Crippen LogP contribution in [-0.2, 0) is 17.8 Å². The number of aliphatic hydroxyl groups is 1. The average Bonchev–Trinajstić information content (AvgIpc) is 3.75. The van der Waals surface area contributed by atoms with Gasteiger partial charge in [-0.3, -0.25) is 14.6 Å². The van der Waals surface area contributed by atoms with Crippen LogP contribution < -0.4 is 11.1 Å². The zero-order valence-electron chi connectivity index (χ0n) is 27.2. The van der Waals surface area contributed by atoms with Gasteiger partial charge in [0.05, 0.1) is 30.9 Å². The first-order valence-corrected chi connectivity index (χ1v) is 17.0. The van der Waals surface area contributed by atoms with Crippen LogP contribution in [0, 0.1) is 5.95 Å². The molecule has 7 rings (SSSR count). The number of benzene rings is 2. The Morgan fingerprint density at radius 2 is 1.79 bits per heavy atom. The van der Waals surface area contributed by atoms with Gasteiger partial charge in [0.25, 0.3) is 5.91 Å². The lowest BCUT2D eigenvalue weighted by Crippen LogP contribution is -2.47. The number of carbonyl (C=O) groups excluding carboxylic acids is 1. The Bertz CT molecular complexity index is 1740. The van der Waals surface area contributed by atoms with Crippen molar-refractivity contribution in [2.75, 3.05) is 45.1 Å². The van der Waals surface area contributed by atoms with Gasteiger partial charge in [-0.15, -0.1) is 0 Å². The molecule has 1 saturated carbocycles. The highest BCUT2D eigenvalue weighted by atomic mass is 19.1. The molecule has 4 aromatic rings. The van der Waals surface area contributed by atoms with Crippen LogP contribution in [0.1, 0.15) is 58.8 Å². The van der Waals surface area contributed by atoms with Crippen molar-refractivity contribution in [2.24, 2.45) is 0 Å². The fourth-order valence-corrected chi connectivity index (χ4v) is 7.53. The molecule has 2 aliphatic carbocycles. The number of nitrogens with one attached hydrogen (secondary N) is 1. The van der Waals surface area contributed by atoms with Gasteiger partial charge in [-0.05, 0) is 78.1 Å². The number of fused-ring (bicyclic) bond motifs is 1. The Morgan fingerprint density at radius 3 is 2.58 bits per heavy atom. The van der Waals surface area contributed by atoms with E-state index in [0.29, 0.717) is 18.2 Å². The summed E-state index contributed by atoms with van der Waals surface area (Å²) in [5.41, 5.74) is 13.4. The first-order valence-electron chi connectivity index (χ1n) is 17.0. The molecule has 0 bridgehead atoms. The minimum Gasteiger partial charge on any atom is -0.395 e. The lowest BCUT2D eigenvalue weighted by Gasteiger charge is -2.38. The van der Waals surface area contributed by atoms with E-state index in [4.69, 9.17) is 10.5 Å². The van der Waals surface area contributed by atoms with Gasteiger partial charge in [-0.1, -0.05) is 42.5 Å². The zero-order chi connectivity index (χ0) is 33.0. The predicted octanol–water partition coefficient (Wildman–Crippen LogP) is 5.00. The van der Waals surface area contributed by atoms with Gasteiger partial charge in [-0.25, -0.2) is 9.97 Å². The summed E-state index contributed by atoms with van der Waals surface area (Å²) >= 11 is 0. The second kappa shape index (κ2) is 14.5. The van der Waals surface area contributed by atoms with Crippen LogP contribution in [0.4, 0.5) is 10.2 Å². The molecule has 0 unspecified atom stereocenters. The maximum absolute atomic E-state index is 14.3. The predicted molar refractivity (Wildman–Crippen MR) is 184 cm³/mol. The topological polar surface area (TPSA) is 117 Å². The fourth-order valence-electron chi connectivity index (χ4n) is 7.53. The number of nitrogens with zero attached hydrogens (tertiary/aromatic N) is 4. The smallest absolute Gasteiger partial charge is 0.255 e. The molecular formula is C38H43FN6O3. The van der Waals surface area contributed by atoms with Gasteiger partial charge in [0, 0.05) is 62.3 Å². The average molecular weight is 651 g/mol. The van der Waals surface area contributed by atoms with Crippen LogP contribution in [0.2, 0.25) is 0 Å². The summed E-state index contributed by atoms with van der Waals surface area (Å²) in [5, 5.41) is 12.3. The lowest BCUT2D eigenvalue weighted by molar-refractivity contribution is 0.0272. The molecule has 1 amide bonds. The minimum atomic E-state index is -0.630. The van der Waals surface area contributed by atoms with Gasteiger partial charge in [0.15, 0.2) is 0 Å². The van der Waals surface area contributed by atoms with Crippen LogP contribution in [0.3, 0.4) is 0 Å². The number of aromatic nitrogens is 2. The zero-order valence-corrected chi connectivity index (χ0v) is 27.2. The van der Waals surface area contributed by atoms with Gasteiger partial charge >= 0.3 is 0 Å². The van der Waals surface area contributed by atoms with Crippen molar-refractivity contribution in [3.8, 4) is 22.3 Å². The van der Waals surface area contributed by atoms with Crippen molar-refractivity contribution in [3.63, 3.8) is 0 Å². The van der Waals surface area contributed by atoms with Gasteiger partial charge in [-0.2, -0.15) is 4.39 Å². The van der Waals surface area contributed by atoms with Crippen molar-refractivity contribution < 1.29 is 19.0 Å². The Hall–Kier alpha value is -4.22. The van der Waals surface area contributed by atoms with E-state index in [0.717, 1.165) is 64.0 Å². The summed E-state index contributed by atoms with van der Waals surface area (Å²) in [4.78, 5) is 26.1. The van der Waals surface area contributed by atoms with E-state index in [1.807, 2.05) is 0 Å². The number of halogens is 1. The van der Waals surface area contributed by atoms with Crippen molar-refractivity contribution in [2.45, 2.75) is 56.9 Å². The second-order valence-corrected chi connectivity index (χ2v) is 13.1. The summed E-state index contributed by atoms with van der Waals surface area (Å²) in [7, 11) is 0. The maximum atomic E-state index is 14.3. The number of amides is 1. The lowest BCUT2D eigenvalue weighted by atomic mass is 9.98. The van der Waals surface area contributed by atoms with Gasteiger partial charge in [0.2, 0.25) is 5.95 Å². The molecule has 2 aromatic carbocycles. The standard InChI is InChI=1S/C38H43FN6O3/c39-36-31(3-2-14-41-36)29-22-32(37(40)42-23-29)38(47)43-33-4-1-5-35(33)48-24-25-6-8-26(9-7-25)27-10-12-30-28(21-27)11-13-34(30)45-17-15-44(16-18-45)19-20-46/h2-3,6-10,12,14,21-23,33-35,46H,1,4-5,11,13,15-20,24H2,(H2,40,42)(H,43,47)/t33-,34-,35-/m0/s1. The highest BCUT2D eigenvalue weighted by Crippen LogP contribution is 2.38. The number of nitrogens with two attached hydrogens (primary N) is 1. The third-order valence-electron chi connectivity index (χ3n) is 10.2. The molecule has 10 heteroatoms. The number of hydrogen-bond donors (Lipinski definition) is 3. The molecule has 9 nitrogen and oxygen atoms in total.